The predicted molar refractivity (Wildman–Crippen MR) is 157 cm³/mol. The summed E-state index contributed by atoms with van der Waals surface area (Å²) in [5, 5.41) is 5.35. The van der Waals surface area contributed by atoms with Gasteiger partial charge in [-0.1, -0.05) is 67.4 Å². The number of anilines is 1. The van der Waals surface area contributed by atoms with Crippen LogP contribution in [0.1, 0.15) is 52.0 Å². The van der Waals surface area contributed by atoms with Gasteiger partial charge in [-0.2, -0.15) is 0 Å². The van der Waals surface area contributed by atoms with Gasteiger partial charge in [0.1, 0.15) is 6.04 Å². The Morgan fingerprint density at radius 3 is 2.26 bits per heavy atom. The fourth-order valence-electron chi connectivity index (χ4n) is 4.93. The zero-order chi connectivity index (χ0) is 28.3. The maximum Gasteiger partial charge on any atom is 0.265 e. The number of halogens is 2. The van der Waals surface area contributed by atoms with Gasteiger partial charge in [0, 0.05) is 46.5 Å². The van der Waals surface area contributed by atoms with Gasteiger partial charge in [0.2, 0.25) is 11.8 Å². The van der Waals surface area contributed by atoms with Crippen molar-refractivity contribution in [2.75, 3.05) is 10.8 Å². The molecule has 0 saturated heterocycles. The first kappa shape index (κ1) is 29.2. The molecule has 0 aromatic heterocycles. The summed E-state index contributed by atoms with van der Waals surface area (Å²) in [6.45, 7) is 5.94. The zero-order valence-electron chi connectivity index (χ0n) is 22.3. The van der Waals surface area contributed by atoms with Crippen LogP contribution < -0.4 is 9.62 Å². The van der Waals surface area contributed by atoms with Gasteiger partial charge in [-0.3, -0.25) is 13.9 Å². The number of sulfonamides is 1. The van der Waals surface area contributed by atoms with E-state index in [0.717, 1.165) is 11.8 Å². The van der Waals surface area contributed by atoms with E-state index in [1.165, 1.54) is 9.21 Å². The Morgan fingerprint density at radius 2 is 1.62 bits per heavy atom. The predicted octanol–water partition coefficient (Wildman–Crippen LogP) is 6.16. The van der Waals surface area contributed by atoms with Gasteiger partial charge in [-0.15, -0.1) is 0 Å². The van der Waals surface area contributed by atoms with Crippen LogP contribution in [0.3, 0.4) is 0 Å². The summed E-state index contributed by atoms with van der Waals surface area (Å²) in [5.41, 5.74) is 1.18. The number of nitrogens with zero attached hydrogens (tertiary/aromatic N) is 2. The second-order valence-electron chi connectivity index (χ2n) is 9.78. The molecule has 0 radical (unpaired) electrons. The molecule has 1 aliphatic heterocycles. The minimum atomic E-state index is -3.72. The Bertz CT molecular complexity index is 1470. The number of nitrogens with one attached hydrogen (secondary N) is 1. The average Bonchev–Trinajstić information content (AvgIpc) is 3.13. The van der Waals surface area contributed by atoms with Gasteiger partial charge < -0.3 is 10.2 Å². The number of hydrogen-bond donors (Lipinski definition) is 1. The summed E-state index contributed by atoms with van der Waals surface area (Å²) in [7, 11) is -3.72. The summed E-state index contributed by atoms with van der Waals surface area (Å²) in [6.07, 6.45) is 1.48. The number of hydrogen-bond acceptors (Lipinski definition) is 4. The van der Waals surface area contributed by atoms with Crippen molar-refractivity contribution in [1.82, 2.24) is 10.2 Å². The van der Waals surface area contributed by atoms with Crippen molar-refractivity contribution in [2.45, 2.75) is 70.0 Å². The molecule has 7 nitrogen and oxygen atoms in total. The average molecular weight is 591 g/mol. The molecule has 0 bridgehead atoms. The Kier molecular flexibility index (Phi) is 9.09. The topological polar surface area (TPSA) is 86.8 Å². The molecule has 1 heterocycles. The van der Waals surface area contributed by atoms with E-state index >= 15 is 0 Å². The largest absolute Gasteiger partial charge is 0.352 e. The number of amides is 2. The van der Waals surface area contributed by atoms with Crippen LogP contribution in [0.5, 0.6) is 0 Å². The van der Waals surface area contributed by atoms with Gasteiger partial charge in [0.05, 0.1) is 10.6 Å². The molecule has 1 N–H and O–H groups in total. The lowest BCUT2D eigenvalue weighted by molar-refractivity contribution is -0.141. The fourth-order valence-corrected chi connectivity index (χ4v) is 7.20. The van der Waals surface area contributed by atoms with Crippen LogP contribution in [-0.4, -0.2) is 43.8 Å². The van der Waals surface area contributed by atoms with Crippen LogP contribution in [0.4, 0.5) is 5.69 Å². The molecule has 3 aromatic carbocycles. The van der Waals surface area contributed by atoms with Gasteiger partial charge in [0.15, 0.2) is 0 Å². The maximum absolute atomic E-state index is 13.7. The molecule has 2 atom stereocenters. The third-order valence-electron chi connectivity index (χ3n) is 7.21. The molecule has 0 saturated carbocycles. The van der Waals surface area contributed by atoms with Crippen molar-refractivity contribution < 1.29 is 18.0 Å². The standard InChI is InChI=1S/C29H33Cl2N3O4S/c1-4-19(3)32-29(36)24(5-2)33(18-21-22(30)12-8-13-23(21)31)27(35)16-9-17-34-25-14-6-10-20-11-7-15-26(28(20)25)39(34,37)38/h6-8,10-15,19,24H,4-5,9,16-18H2,1-3H3,(H,32,36)/t19-,24+/m1/s1. The molecular weight excluding hydrogens is 557 g/mol. The normalized spacial score (nSPS) is 15.3. The van der Waals surface area contributed by atoms with Crippen molar-refractivity contribution in [1.29, 1.82) is 0 Å². The Morgan fingerprint density at radius 1 is 0.974 bits per heavy atom. The van der Waals surface area contributed by atoms with Crippen molar-refractivity contribution in [3.63, 3.8) is 0 Å². The van der Waals surface area contributed by atoms with Crippen LogP contribution in [0.15, 0.2) is 59.5 Å². The third kappa shape index (κ3) is 5.88. The van der Waals surface area contributed by atoms with Crippen molar-refractivity contribution in [2.24, 2.45) is 0 Å². The molecule has 0 unspecified atom stereocenters. The number of carbonyl (C=O) groups is 2. The first-order valence-electron chi connectivity index (χ1n) is 13.2. The number of rotatable bonds is 11. The van der Waals surface area contributed by atoms with E-state index < -0.39 is 16.1 Å². The molecular formula is C29H33Cl2N3O4S. The Balaban J connectivity index is 1.55. The van der Waals surface area contributed by atoms with E-state index in [4.69, 9.17) is 23.2 Å². The fraction of sp³-hybridized carbons (Fsp3) is 0.379. The second-order valence-corrected chi connectivity index (χ2v) is 12.4. The first-order valence-corrected chi connectivity index (χ1v) is 15.4. The summed E-state index contributed by atoms with van der Waals surface area (Å²) in [5.74, 6) is -0.517. The van der Waals surface area contributed by atoms with Crippen LogP contribution in [-0.2, 0) is 26.2 Å². The van der Waals surface area contributed by atoms with Crippen LogP contribution in [0, 0.1) is 0 Å². The number of carbonyl (C=O) groups excluding carboxylic acids is 2. The molecule has 0 spiro atoms. The SMILES string of the molecule is CC[C@@H](C)NC(=O)[C@H](CC)N(Cc1c(Cl)cccc1Cl)C(=O)CCCN1c2cccc3cccc(c23)S1(=O)=O. The smallest absolute Gasteiger partial charge is 0.265 e. The van der Waals surface area contributed by atoms with Gasteiger partial charge in [-0.05, 0) is 55.8 Å². The lowest BCUT2D eigenvalue weighted by Gasteiger charge is -2.32. The third-order valence-corrected chi connectivity index (χ3v) is 9.77. The minimum absolute atomic E-state index is 0.0443. The molecule has 10 heteroatoms. The second kappa shape index (κ2) is 12.1. The molecule has 2 amide bonds. The highest BCUT2D eigenvalue weighted by Crippen LogP contribution is 2.42. The van der Waals surface area contributed by atoms with E-state index in [2.05, 4.69) is 5.32 Å². The summed E-state index contributed by atoms with van der Waals surface area (Å²) in [4.78, 5) is 28.7. The van der Waals surface area contributed by atoms with Crippen LogP contribution >= 0.6 is 23.2 Å². The van der Waals surface area contributed by atoms with Gasteiger partial charge >= 0.3 is 0 Å². The lowest BCUT2D eigenvalue weighted by atomic mass is 10.1. The highest BCUT2D eigenvalue weighted by Gasteiger charge is 2.36. The van der Waals surface area contributed by atoms with Crippen LogP contribution in [0.2, 0.25) is 10.0 Å². The first-order chi connectivity index (χ1) is 18.6. The molecule has 0 aliphatic carbocycles. The zero-order valence-corrected chi connectivity index (χ0v) is 24.6. The number of benzene rings is 3. The van der Waals surface area contributed by atoms with Crippen molar-refractivity contribution in [3.8, 4) is 0 Å². The summed E-state index contributed by atoms with van der Waals surface area (Å²) in [6, 6.07) is 15.1. The van der Waals surface area contributed by atoms with E-state index in [1.807, 2.05) is 39.0 Å². The van der Waals surface area contributed by atoms with Crippen molar-refractivity contribution in [3.05, 3.63) is 70.2 Å². The van der Waals surface area contributed by atoms with E-state index in [1.54, 1.807) is 36.4 Å². The molecule has 1 aliphatic rings. The lowest BCUT2D eigenvalue weighted by Crippen LogP contribution is -2.50. The summed E-state index contributed by atoms with van der Waals surface area (Å²) < 4.78 is 28.0. The molecule has 39 heavy (non-hydrogen) atoms. The highest BCUT2D eigenvalue weighted by atomic mass is 35.5. The molecule has 0 fully saturated rings. The quantitative estimate of drug-likeness (QED) is 0.290. The van der Waals surface area contributed by atoms with Gasteiger partial charge in [-0.25, -0.2) is 8.42 Å². The van der Waals surface area contributed by atoms with E-state index in [9.17, 15) is 18.0 Å². The molecule has 3 aromatic rings. The summed E-state index contributed by atoms with van der Waals surface area (Å²) >= 11 is 12.8. The van der Waals surface area contributed by atoms with E-state index in [-0.39, 0.29) is 48.7 Å². The highest BCUT2D eigenvalue weighted by molar-refractivity contribution is 7.93. The molecule has 208 valence electrons. The van der Waals surface area contributed by atoms with E-state index in [0.29, 0.717) is 33.1 Å². The monoisotopic (exact) mass is 589 g/mol. The maximum atomic E-state index is 13.7. The molecule has 4 rings (SSSR count). The van der Waals surface area contributed by atoms with Gasteiger partial charge in [0.25, 0.3) is 10.0 Å². The Hall–Kier alpha value is -2.81. The minimum Gasteiger partial charge on any atom is -0.352 e. The van der Waals surface area contributed by atoms with Crippen molar-refractivity contribution >= 4 is 61.5 Å². The Labute approximate surface area is 240 Å². The van der Waals surface area contributed by atoms with Crippen LogP contribution in [0.25, 0.3) is 10.8 Å².